The van der Waals surface area contributed by atoms with E-state index in [1.54, 1.807) is 12.1 Å². The van der Waals surface area contributed by atoms with Crippen LogP contribution in [0.1, 0.15) is 17.8 Å². The lowest BCUT2D eigenvalue weighted by Gasteiger charge is -2.30. The Morgan fingerprint density at radius 2 is 1.85 bits per heavy atom. The highest BCUT2D eigenvalue weighted by Gasteiger charge is 2.51. The Morgan fingerprint density at radius 1 is 1.09 bits per heavy atom. The van der Waals surface area contributed by atoms with Gasteiger partial charge in [-0.1, -0.05) is 23.5 Å². The van der Waals surface area contributed by atoms with Gasteiger partial charge in [-0.15, -0.1) is 0 Å². The number of imidazole rings is 1. The minimum Gasteiger partial charge on any atom is -0.415 e. The third-order valence-corrected chi connectivity index (χ3v) is 14.7. The van der Waals surface area contributed by atoms with E-state index in [9.17, 15) is 28.4 Å². The van der Waals surface area contributed by atoms with Crippen molar-refractivity contribution in [2.45, 2.75) is 42.6 Å². The SMILES string of the molecule is CO[C@@H]1COP(=O)(SCc2ccc(OC(=O)Cl)cc2)C[C@H]2[C@@H](F)[C@H](n3ccc(=O)[nH]c3=O)O[C@@H]2COP(=O)(O)C[C@@H](n2cnc3c(N)ncnc32)[C@@H]1F. The van der Waals surface area contributed by atoms with E-state index >= 15 is 8.78 Å². The van der Waals surface area contributed by atoms with Gasteiger partial charge in [0.05, 0.1) is 37.8 Å². The first-order chi connectivity index (χ1) is 25.2. The normalized spacial score (nSPS) is 31.2. The number of nitrogen functional groups attached to an aromatic ring is 1. The van der Waals surface area contributed by atoms with Crippen LogP contribution < -0.4 is 21.7 Å². The van der Waals surface area contributed by atoms with Gasteiger partial charge in [0.2, 0.25) is 0 Å². The molecular formula is C29H32ClF2N7O11P2S. The van der Waals surface area contributed by atoms with E-state index < -0.39 is 99.1 Å². The molecule has 53 heavy (non-hydrogen) atoms. The molecule has 9 atom stereocenters. The maximum atomic E-state index is 16.7. The zero-order valence-corrected chi connectivity index (χ0v) is 30.8. The second kappa shape index (κ2) is 16.1. The van der Waals surface area contributed by atoms with E-state index in [0.29, 0.717) is 5.56 Å². The third-order valence-electron chi connectivity index (χ3n) is 8.65. The molecule has 2 aliphatic heterocycles. The molecule has 0 saturated carbocycles. The number of hydrogen-bond acceptors (Lipinski definition) is 15. The molecule has 1 aromatic carbocycles. The third kappa shape index (κ3) is 8.90. The lowest BCUT2D eigenvalue weighted by molar-refractivity contribution is -0.0393. The van der Waals surface area contributed by atoms with Crippen LogP contribution in [0.5, 0.6) is 5.75 Å². The average Bonchev–Trinajstić information content (AvgIpc) is 3.67. The minimum atomic E-state index is -4.78. The fourth-order valence-electron chi connectivity index (χ4n) is 5.98. The molecule has 286 valence electrons. The molecule has 2 unspecified atom stereocenters. The predicted octanol–water partition coefficient (Wildman–Crippen LogP) is 3.80. The minimum absolute atomic E-state index is 0.00814. The summed E-state index contributed by atoms with van der Waals surface area (Å²) in [7, 11) is -3.62. The number of nitrogens with zero attached hydrogens (tertiary/aromatic N) is 5. The van der Waals surface area contributed by atoms with E-state index in [4.69, 9.17) is 40.6 Å². The summed E-state index contributed by atoms with van der Waals surface area (Å²) in [5, 5.41) is 0. The van der Waals surface area contributed by atoms with E-state index in [2.05, 4.69) is 15.0 Å². The molecule has 2 fully saturated rings. The molecule has 18 nitrogen and oxygen atoms in total. The molecule has 4 aromatic rings. The molecule has 24 heteroatoms. The molecule has 0 radical (unpaired) electrons. The first-order valence-electron chi connectivity index (χ1n) is 15.7. The highest BCUT2D eigenvalue weighted by atomic mass is 35.5. The monoisotopic (exact) mass is 821 g/mol. The van der Waals surface area contributed by atoms with Gasteiger partial charge in [0.15, 0.2) is 23.9 Å². The van der Waals surface area contributed by atoms with Gasteiger partial charge in [-0.2, -0.15) is 0 Å². The Morgan fingerprint density at radius 3 is 2.55 bits per heavy atom. The van der Waals surface area contributed by atoms with Crippen molar-refractivity contribution in [1.29, 1.82) is 0 Å². The second-order valence-electron chi connectivity index (χ2n) is 12.0. The van der Waals surface area contributed by atoms with Gasteiger partial charge in [-0.25, -0.2) is 33.3 Å². The van der Waals surface area contributed by atoms with Crippen molar-refractivity contribution in [2.24, 2.45) is 5.92 Å². The summed E-state index contributed by atoms with van der Waals surface area (Å²) < 4.78 is 91.0. The zero-order valence-electron chi connectivity index (χ0n) is 27.5. The van der Waals surface area contributed by atoms with Crippen LogP contribution in [0, 0.1) is 5.92 Å². The number of nitrogens with two attached hydrogens (primary N) is 1. The van der Waals surface area contributed by atoms with Crippen molar-refractivity contribution in [3.63, 3.8) is 0 Å². The van der Waals surface area contributed by atoms with Crippen LogP contribution in [0.3, 0.4) is 0 Å². The number of aromatic amines is 1. The number of alkyl halides is 2. The number of nitrogens with one attached hydrogen (secondary N) is 1. The van der Waals surface area contributed by atoms with Gasteiger partial charge in [0.25, 0.3) is 12.1 Å². The number of hydrogen-bond donors (Lipinski definition) is 3. The fourth-order valence-corrected chi connectivity index (χ4v) is 11.8. The standard InChI is InChI=1S/C29H32ClF2N7O11P2S/c1-46-20-9-48-52(45,53-12-15-2-4-16(5-3-15)49-28(30)41)10-17-19(50-27(22(17)31)38-7-6-21(40)37-29(38)42)8-47-51(43,44)11-18(23(20)32)39-14-36-24-25(33)34-13-35-26(24)39/h2-7,13-14,17-20,22-23,27H,8-12H2,1H3,(H,43,44)(H2,33,34,35)(H,37,40,42)/t17-,18-,19-,20-,22-,23+,27-,52?/m1/s1. The smallest absolute Gasteiger partial charge is 0.409 e. The van der Waals surface area contributed by atoms with Crippen LogP contribution in [0.2, 0.25) is 0 Å². The molecule has 2 saturated heterocycles. The van der Waals surface area contributed by atoms with Gasteiger partial charge in [-0.05, 0) is 17.7 Å². The Balaban J connectivity index is 1.37. The van der Waals surface area contributed by atoms with E-state index in [-0.39, 0.29) is 28.5 Å². The number of H-pyrrole nitrogens is 1. The van der Waals surface area contributed by atoms with Gasteiger partial charge < -0.3 is 38.5 Å². The first kappa shape index (κ1) is 39.2. The van der Waals surface area contributed by atoms with Gasteiger partial charge in [-0.3, -0.25) is 23.5 Å². The number of carbonyl (C=O) groups excluding carboxylic acids is 1. The average molecular weight is 822 g/mol. The number of benzene rings is 1. The number of methoxy groups -OCH3 is 1. The van der Waals surface area contributed by atoms with Crippen molar-refractivity contribution < 1.29 is 50.9 Å². The number of carbonyl (C=O) groups is 1. The van der Waals surface area contributed by atoms with Gasteiger partial charge in [0.1, 0.15) is 29.9 Å². The first-order valence-corrected chi connectivity index (χ1v) is 21.2. The summed E-state index contributed by atoms with van der Waals surface area (Å²) in [6, 6.07) is 5.44. The molecular weight excluding hydrogens is 790 g/mol. The topological polar surface area (TPSA) is 242 Å². The predicted molar refractivity (Wildman–Crippen MR) is 187 cm³/mol. The van der Waals surface area contributed by atoms with E-state index in [1.807, 2.05) is 4.98 Å². The molecule has 0 bridgehead atoms. The molecule has 3 aromatic heterocycles. The highest BCUT2D eigenvalue weighted by molar-refractivity contribution is 8.56. The number of rotatable bonds is 7. The lowest BCUT2D eigenvalue weighted by atomic mass is 10.0. The zero-order chi connectivity index (χ0) is 38.1. The summed E-state index contributed by atoms with van der Waals surface area (Å²) in [6.45, 7) is -5.52. The summed E-state index contributed by atoms with van der Waals surface area (Å²) in [5.41, 5.74) is 3.83. The van der Waals surface area contributed by atoms with Crippen molar-refractivity contribution >= 4 is 59.6 Å². The summed E-state index contributed by atoms with van der Waals surface area (Å²) >= 11 is 6.06. The van der Waals surface area contributed by atoms with Crippen molar-refractivity contribution in [3.05, 3.63) is 75.6 Å². The lowest BCUT2D eigenvalue weighted by Crippen LogP contribution is -2.38. The van der Waals surface area contributed by atoms with Crippen LogP contribution in [0.15, 0.2) is 58.8 Å². The van der Waals surface area contributed by atoms with Gasteiger partial charge in [0, 0.05) is 48.8 Å². The van der Waals surface area contributed by atoms with E-state index in [0.717, 1.165) is 48.0 Å². The van der Waals surface area contributed by atoms with Crippen LogP contribution in [0.4, 0.5) is 19.4 Å². The summed E-state index contributed by atoms with van der Waals surface area (Å²) in [4.78, 5) is 60.7. The quantitative estimate of drug-likeness (QED) is 0.177. The van der Waals surface area contributed by atoms with Crippen LogP contribution in [-0.2, 0) is 33.4 Å². The Bertz CT molecular complexity index is 2180. The molecule has 0 spiro atoms. The number of anilines is 1. The van der Waals surface area contributed by atoms with E-state index in [1.165, 1.54) is 16.7 Å². The fraction of sp³-hybridized carbons (Fsp3) is 0.448. The number of aromatic nitrogens is 6. The second-order valence-corrected chi connectivity index (χ2v) is 19.1. The van der Waals surface area contributed by atoms with Crippen LogP contribution >= 0.6 is 37.1 Å². The summed E-state index contributed by atoms with van der Waals surface area (Å²) in [6.07, 6.45) is -6.94. The Labute approximate surface area is 307 Å². The number of fused-ring (bicyclic) bond motifs is 2. The molecule has 4 N–H and O–H groups in total. The van der Waals surface area contributed by atoms with Crippen molar-refractivity contribution in [1.82, 2.24) is 29.1 Å². The highest BCUT2D eigenvalue weighted by Crippen LogP contribution is 2.64. The molecule has 5 heterocycles. The molecule has 0 aliphatic carbocycles. The van der Waals surface area contributed by atoms with Gasteiger partial charge >= 0.3 is 18.7 Å². The molecule has 0 amide bonds. The Hall–Kier alpha value is -3.52. The summed E-state index contributed by atoms with van der Waals surface area (Å²) in [5.74, 6) is -1.25. The Kier molecular flexibility index (Phi) is 11.9. The number of halogens is 3. The number of ether oxygens (including phenoxy) is 3. The molecule has 6 rings (SSSR count). The van der Waals surface area contributed by atoms with Crippen molar-refractivity contribution in [3.8, 4) is 5.75 Å². The largest absolute Gasteiger partial charge is 0.415 e. The van der Waals surface area contributed by atoms with Crippen LogP contribution in [0.25, 0.3) is 11.2 Å². The van der Waals surface area contributed by atoms with Crippen molar-refractivity contribution in [2.75, 3.05) is 38.4 Å². The van der Waals surface area contributed by atoms with Crippen LogP contribution in [-0.4, -0.2) is 96.6 Å². The maximum Gasteiger partial charge on any atom is 0.409 e. The maximum absolute atomic E-state index is 16.7. The molecule has 2 aliphatic rings.